The van der Waals surface area contributed by atoms with E-state index in [4.69, 9.17) is 19.3 Å². The van der Waals surface area contributed by atoms with Crippen molar-refractivity contribution in [2.24, 2.45) is 4.36 Å². The average molecular weight is 625 g/mol. The van der Waals surface area contributed by atoms with Crippen LogP contribution in [0.25, 0.3) is 45.4 Å². The maximum Gasteiger partial charge on any atom is 0.164 e. The van der Waals surface area contributed by atoms with E-state index >= 15 is 4.21 Å². The van der Waals surface area contributed by atoms with E-state index in [0.717, 1.165) is 39.0 Å². The number of fused-ring (bicyclic) bond motifs is 1. The van der Waals surface area contributed by atoms with Crippen molar-refractivity contribution >= 4 is 21.0 Å². The summed E-state index contributed by atoms with van der Waals surface area (Å²) in [7, 11) is -3.05. The first-order chi connectivity index (χ1) is 23.2. The fourth-order valence-electron chi connectivity index (χ4n) is 5.87. The SMILES string of the molecule is O=S1(c2ccccc2)=NC(c2ccccc2)=C(c2ccccc2)c2cc(-c3nc(-c4ccccc4)nc(-c4ccccc4)n3)ccc21. The lowest BCUT2D eigenvalue weighted by Crippen LogP contribution is -2.12. The summed E-state index contributed by atoms with van der Waals surface area (Å²) >= 11 is 0. The average Bonchev–Trinajstić information content (AvgIpc) is 3.16. The molecule has 0 aliphatic carbocycles. The van der Waals surface area contributed by atoms with Crippen molar-refractivity contribution in [2.75, 3.05) is 0 Å². The molecule has 224 valence electrons. The highest BCUT2D eigenvalue weighted by Crippen LogP contribution is 2.45. The highest BCUT2D eigenvalue weighted by Gasteiger charge is 2.30. The van der Waals surface area contributed by atoms with Crippen LogP contribution in [-0.4, -0.2) is 19.2 Å². The fourth-order valence-corrected chi connectivity index (χ4v) is 8.02. The van der Waals surface area contributed by atoms with Crippen LogP contribution in [0.3, 0.4) is 0 Å². The van der Waals surface area contributed by atoms with Crippen LogP contribution in [0.5, 0.6) is 0 Å². The van der Waals surface area contributed by atoms with Crippen LogP contribution < -0.4 is 0 Å². The third kappa shape index (κ3) is 5.35. The maximum absolute atomic E-state index is 15.3. The maximum atomic E-state index is 15.3. The van der Waals surface area contributed by atoms with Gasteiger partial charge in [0.1, 0.15) is 9.73 Å². The van der Waals surface area contributed by atoms with Crippen LogP contribution in [0, 0.1) is 0 Å². The number of hydrogen-bond acceptors (Lipinski definition) is 5. The molecule has 0 bridgehead atoms. The van der Waals surface area contributed by atoms with Crippen molar-refractivity contribution in [3.8, 4) is 34.2 Å². The molecule has 47 heavy (non-hydrogen) atoms. The van der Waals surface area contributed by atoms with Gasteiger partial charge in [0.2, 0.25) is 0 Å². The van der Waals surface area contributed by atoms with Crippen molar-refractivity contribution in [2.45, 2.75) is 9.79 Å². The molecule has 2 heterocycles. The quantitative estimate of drug-likeness (QED) is 0.185. The summed E-state index contributed by atoms with van der Waals surface area (Å²) < 4.78 is 20.4. The second-order valence-electron chi connectivity index (χ2n) is 11.1. The Morgan fingerprint density at radius 3 is 1.34 bits per heavy atom. The van der Waals surface area contributed by atoms with Gasteiger partial charge in [0, 0.05) is 33.4 Å². The highest BCUT2D eigenvalue weighted by atomic mass is 32.2. The van der Waals surface area contributed by atoms with Gasteiger partial charge >= 0.3 is 0 Å². The normalized spacial score (nSPS) is 15.5. The predicted octanol–water partition coefficient (Wildman–Crippen LogP) is 9.69. The molecule has 1 aliphatic heterocycles. The van der Waals surface area contributed by atoms with E-state index in [-0.39, 0.29) is 0 Å². The van der Waals surface area contributed by atoms with Crippen molar-refractivity contribution < 1.29 is 4.21 Å². The lowest BCUT2D eigenvalue weighted by atomic mass is 9.92. The molecule has 1 unspecified atom stereocenters. The molecule has 0 saturated carbocycles. The Labute approximate surface area is 274 Å². The molecule has 6 heteroatoms. The van der Waals surface area contributed by atoms with Gasteiger partial charge in [-0.3, -0.25) is 0 Å². The first-order valence-electron chi connectivity index (χ1n) is 15.4. The first kappa shape index (κ1) is 28.5. The fraction of sp³-hybridized carbons (Fsp3) is 0. The second kappa shape index (κ2) is 12.1. The summed E-state index contributed by atoms with van der Waals surface area (Å²) in [5, 5.41) is 0. The zero-order valence-electron chi connectivity index (χ0n) is 25.3. The monoisotopic (exact) mass is 624 g/mol. The molecule has 0 spiro atoms. The van der Waals surface area contributed by atoms with E-state index < -0.39 is 9.73 Å². The van der Waals surface area contributed by atoms with Gasteiger partial charge in [0.15, 0.2) is 17.5 Å². The minimum atomic E-state index is -3.05. The van der Waals surface area contributed by atoms with Crippen molar-refractivity contribution in [1.29, 1.82) is 0 Å². The van der Waals surface area contributed by atoms with Crippen LogP contribution >= 0.6 is 0 Å². The number of nitrogens with zero attached hydrogens (tertiary/aromatic N) is 4. The lowest BCUT2D eigenvalue weighted by Gasteiger charge is -2.25. The van der Waals surface area contributed by atoms with Gasteiger partial charge in [-0.1, -0.05) is 140 Å². The Morgan fingerprint density at radius 1 is 0.404 bits per heavy atom. The van der Waals surface area contributed by atoms with Gasteiger partial charge in [-0.25, -0.2) is 19.2 Å². The van der Waals surface area contributed by atoms with E-state index in [0.29, 0.717) is 33.0 Å². The minimum Gasteiger partial charge on any atom is -0.239 e. The second-order valence-corrected chi connectivity index (χ2v) is 13.3. The zero-order chi connectivity index (χ0) is 31.6. The minimum absolute atomic E-state index is 0.530. The van der Waals surface area contributed by atoms with Crippen molar-refractivity contribution in [3.05, 3.63) is 187 Å². The number of rotatable bonds is 6. The summed E-state index contributed by atoms with van der Waals surface area (Å²) in [5.41, 5.74) is 6.88. The first-order valence-corrected chi connectivity index (χ1v) is 16.9. The predicted molar refractivity (Wildman–Crippen MR) is 188 cm³/mol. The molecule has 0 N–H and O–H groups in total. The highest BCUT2D eigenvalue weighted by molar-refractivity contribution is 7.94. The zero-order valence-corrected chi connectivity index (χ0v) is 26.1. The Balaban J connectivity index is 1.42. The molecule has 5 nitrogen and oxygen atoms in total. The van der Waals surface area contributed by atoms with Gasteiger partial charge in [-0.2, -0.15) is 4.36 Å². The molecule has 1 aliphatic rings. The topological polar surface area (TPSA) is 68.1 Å². The summed E-state index contributed by atoms with van der Waals surface area (Å²) in [6, 6.07) is 55.5. The van der Waals surface area contributed by atoms with Crippen LogP contribution in [0.15, 0.2) is 184 Å². The summed E-state index contributed by atoms with van der Waals surface area (Å²) in [5.74, 6) is 1.70. The van der Waals surface area contributed by atoms with Gasteiger partial charge in [0.05, 0.1) is 15.5 Å². The van der Waals surface area contributed by atoms with Crippen LogP contribution in [0.2, 0.25) is 0 Å². The van der Waals surface area contributed by atoms with Gasteiger partial charge < -0.3 is 0 Å². The standard InChI is InChI=1S/C41H28N4OS/c46-47(34-24-14-5-15-25-34)36-27-26-33(28-35(36)37(29-16-6-1-7-17-29)38(45-47)30-18-8-2-9-19-30)41-43-39(31-20-10-3-11-21-31)42-40(44-41)32-22-12-4-13-23-32/h1-28H. The van der Waals surface area contributed by atoms with E-state index in [1.54, 1.807) is 0 Å². The van der Waals surface area contributed by atoms with Crippen molar-refractivity contribution in [1.82, 2.24) is 15.0 Å². The Bertz CT molecular complexity index is 2310. The van der Waals surface area contributed by atoms with Crippen LogP contribution in [0.1, 0.15) is 16.7 Å². The van der Waals surface area contributed by atoms with E-state index in [2.05, 4.69) is 18.2 Å². The van der Waals surface area contributed by atoms with E-state index in [1.807, 2.05) is 152 Å². The van der Waals surface area contributed by atoms with Crippen LogP contribution in [0.4, 0.5) is 0 Å². The molecule has 0 radical (unpaired) electrons. The van der Waals surface area contributed by atoms with E-state index in [1.165, 1.54) is 0 Å². The van der Waals surface area contributed by atoms with Gasteiger partial charge in [0.25, 0.3) is 0 Å². The molecule has 1 aromatic heterocycles. The molecular formula is C41H28N4OS. The molecular weight excluding hydrogens is 597 g/mol. The molecule has 6 aromatic carbocycles. The van der Waals surface area contributed by atoms with E-state index in [9.17, 15) is 0 Å². The summed E-state index contributed by atoms with van der Waals surface area (Å²) in [6.07, 6.45) is 0. The molecule has 0 saturated heterocycles. The molecule has 0 fully saturated rings. The Kier molecular flexibility index (Phi) is 7.32. The molecule has 8 rings (SSSR count). The largest absolute Gasteiger partial charge is 0.239 e. The molecule has 7 aromatic rings. The van der Waals surface area contributed by atoms with Crippen LogP contribution in [-0.2, 0) is 9.73 Å². The third-order valence-electron chi connectivity index (χ3n) is 8.13. The third-order valence-corrected chi connectivity index (χ3v) is 10.4. The summed E-state index contributed by atoms with van der Waals surface area (Å²) in [6.45, 7) is 0. The smallest absolute Gasteiger partial charge is 0.164 e. The Morgan fingerprint density at radius 2 is 0.830 bits per heavy atom. The molecule has 1 atom stereocenters. The lowest BCUT2D eigenvalue weighted by molar-refractivity contribution is 0.676. The Hall–Kier alpha value is -5.98. The summed E-state index contributed by atoms with van der Waals surface area (Å²) in [4.78, 5) is 16.2. The van der Waals surface area contributed by atoms with Gasteiger partial charge in [-0.15, -0.1) is 0 Å². The number of aromatic nitrogens is 3. The molecule has 0 amide bonds. The number of benzene rings is 6. The van der Waals surface area contributed by atoms with Gasteiger partial charge in [-0.05, 0) is 35.9 Å². The van der Waals surface area contributed by atoms with Crippen molar-refractivity contribution in [3.63, 3.8) is 0 Å². The number of hydrogen-bond donors (Lipinski definition) is 0.